The SMILES string of the molecule is C=CCn1ncnc1C=C. The highest BCUT2D eigenvalue weighted by atomic mass is 15.3. The van der Waals surface area contributed by atoms with Gasteiger partial charge < -0.3 is 0 Å². The van der Waals surface area contributed by atoms with Gasteiger partial charge in [-0.2, -0.15) is 5.10 Å². The van der Waals surface area contributed by atoms with Gasteiger partial charge in [-0.15, -0.1) is 6.58 Å². The van der Waals surface area contributed by atoms with E-state index < -0.39 is 0 Å². The Morgan fingerprint density at radius 1 is 1.60 bits per heavy atom. The standard InChI is InChI=1S/C7H9N3/c1-3-5-10-7(4-2)8-6-9-10/h3-4,6H,1-2,5H2. The molecule has 1 rings (SSSR count). The molecule has 0 atom stereocenters. The molecule has 0 amide bonds. The summed E-state index contributed by atoms with van der Waals surface area (Å²) >= 11 is 0. The van der Waals surface area contributed by atoms with Crippen LogP contribution in [0.4, 0.5) is 0 Å². The minimum Gasteiger partial charge on any atom is -0.242 e. The zero-order valence-electron chi connectivity index (χ0n) is 5.70. The first-order chi connectivity index (χ1) is 4.88. The molecule has 3 heteroatoms. The van der Waals surface area contributed by atoms with Crippen molar-refractivity contribution in [1.82, 2.24) is 14.8 Å². The smallest absolute Gasteiger partial charge is 0.150 e. The quantitative estimate of drug-likeness (QED) is 0.581. The fraction of sp³-hybridized carbons (Fsp3) is 0.143. The summed E-state index contributed by atoms with van der Waals surface area (Å²) in [4.78, 5) is 3.94. The maximum absolute atomic E-state index is 3.94. The molecule has 0 bridgehead atoms. The van der Waals surface area contributed by atoms with Crippen molar-refractivity contribution in [2.45, 2.75) is 6.54 Å². The van der Waals surface area contributed by atoms with E-state index in [0.717, 1.165) is 5.82 Å². The molecule has 10 heavy (non-hydrogen) atoms. The van der Waals surface area contributed by atoms with E-state index in [0.29, 0.717) is 6.54 Å². The summed E-state index contributed by atoms with van der Waals surface area (Å²) < 4.78 is 1.72. The Kier molecular flexibility index (Phi) is 1.99. The van der Waals surface area contributed by atoms with E-state index >= 15 is 0 Å². The average Bonchev–Trinajstić information content (AvgIpc) is 2.36. The van der Waals surface area contributed by atoms with Crippen molar-refractivity contribution in [3.63, 3.8) is 0 Å². The highest BCUT2D eigenvalue weighted by Gasteiger charge is 1.94. The van der Waals surface area contributed by atoms with Gasteiger partial charge in [0.2, 0.25) is 0 Å². The molecule has 1 aromatic rings. The van der Waals surface area contributed by atoms with Crippen LogP contribution in [-0.4, -0.2) is 14.8 Å². The number of allylic oxidation sites excluding steroid dienone is 1. The minimum absolute atomic E-state index is 0.682. The molecule has 0 fully saturated rings. The monoisotopic (exact) mass is 135 g/mol. The van der Waals surface area contributed by atoms with Crippen LogP contribution in [0.5, 0.6) is 0 Å². The van der Waals surface area contributed by atoms with Gasteiger partial charge in [0, 0.05) is 0 Å². The molecule has 3 nitrogen and oxygen atoms in total. The van der Waals surface area contributed by atoms with Crippen molar-refractivity contribution in [2.75, 3.05) is 0 Å². The van der Waals surface area contributed by atoms with E-state index in [-0.39, 0.29) is 0 Å². The number of rotatable bonds is 3. The van der Waals surface area contributed by atoms with Crippen LogP contribution in [0.2, 0.25) is 0 Å². The third kappa shape index (κ3) is 1.13. The van der Waals surface area contributed by atoms with Crippen molar-refractivity contribution in [3.8, 4) is 0 Å². The topological polar surface area (TPSA) is 30.7 Å². The van der Waals surface area contributed by atoms with Crippen molar-refractivity contribution in [1.29, 1.82) is 0 Å². The second-order valence-corrected chi connectivity index (χ2v) is 1.79. The lowest BCUT2D eigenvalue weighted by Crippen LogP contribution is -1.99. The molecule has 1 heterocycles. The molecule has 0 spiro atoms. The van der Waals surface area contributed by atoms with Crippen LogP contribution in [0.15, 0.2) is 25.6 Å². The molecule has 0 aliphatic rings. The summed E-state index contributed by atoms with van der Waals surface area (Å²) in [5.41, 5.74) is 0. The molecule has 0 radical (unpaired) electrons. The summed E-state index contributed by atoms with van der Waals surface area (Å²) in [6.07, 6.45) is 4.93. The number of aromatic nitrogens is 3. The summed E-state index contributed by atoms with van der Waals surface area (Å²) in [6.45, 7) is 7.86. The van der Waals surface area contributed by atoms with Crippen molar-refractivity contribution < 1.29 is 0 Å². The van der Waals surface area contributed by atoms with Crippen molar-refractivity contribution >= 4 is 6.08 Å². The molecule has 0 aliphatic carbocycles. The Morgan fingerprint density at radius 3 is 3.00 bits per heavy atom. The Balaban J connectivity index is 2.89. The third-order valence-electron chi connectivity index (χ3n) is 1.13. The van der Waals surface area contributed by atoms with E-state index in [1.54, 1.807) is 16.8 Å². The van der Waals surface area contributed by atoms with Crippen molar-refractivity contribution in [3.05, 3.63) is 31.4 Å². The average molecular weight is 135 g/mol. The molecule has 0 aliphatic heterocycles. The summed E-state index contributed by atoms with van der Waals surface area (Å²) in [7, 11) is 0. The zero-order valence-corrected chi connectivity index (χ0v) is 5.70. The van der Waals surface area contributed by atoms with Crippen LogP contribution in [0.25, 0.3) is 6.08 Å². The van der Waals surface area contributed by atoms with Gasteiger partial charge in [-0.05, 0) is 6.08 Å². The number of nitrogens with zero attached hydrogens (tertiary/aromatic N) is 3. The van der Waals surface area contributed by atoms with E-state index in [1.165, 1.54) is 6.33 Å². The van der Waals surface area contributed by atoms with Gasteiger partial charge in [-0.25, -0.2) is 9.67 Å². The normalized spacial score (nSPS) is 9.20. The lowest BCUT2D eigenvalue weighted by Gasteiger charge is -1.95. The Morgan fingerprint density at radius 2 is 2.40 bits per heavy atom. The predicted octanol–water partition coefficient (Wildman–Crippen LogP) is 1.11. The molecule has 0 saturated heterocycles. The van der Waals surface area contributed by atoms with Crippen LogP contribution in [0.3, 0.4) is 0 Å². The highest BCUT2D eigenvalue weighted by molar-refractivity contribution is 5.35. The zero-order chi connectivity index (χ0) is 7.40. The van der Waals surface area contributed by atoms with Crippen LogP contribution in [0, 0.1) is 0 Å². The van der Waals surface area contributed by atoms with Gasteiger partial charge >= 0.3 is 0 Å². The van der Waals surface area contributed by atoms with Gasteiger partial charge in [0.25, 0.3) is 0 Å². The van der Waals surface area contributed by atoms with Gasteiger partial charge in [0.05, 0.1) is 6.54 Å². The van der Waals surface area contributed by atoms with Gasteiger partial charge in [0.15, 0.2) is 0 Å². The van der Waals surface area contributed by atoms with E-state index in [2.05, 4.69) is 23.2 Å². The lowest BCUT2D eigenvalue weighted by atomic mass is 10.5. The first-order valence-corrected chi connectivity index (χ1v) is 2.99. The lowest BCUT2D eigenvalue weighted by molar-refractivity contribution is 0.693. The highest BCUT2D eigenvalue weighted by Crippen LogP contribution is 1.94. The Hall–Kier alpha value is -1.38. The number of hydrogen-bond donors (Lipinski definition) is 0. The Bertz CT molecular complexity index is 237. The second kappa shape index (κ2) is 2.96. The largest absolute Gasteiger partial charge is 0.242 e. The van der Waals surface area contributed by atoms with Crippen LogP contribution >= 0.6 is 0 Å². The minimum atomic E-state index is 0.682. The van der Waals surface area contributed by atoms with Crippen LogP contribution < -0.4 is 0 Å². The molecule has 0 unspecified atom stereocenters. The fourth-order valence-corrected chi connectivity index (χ4v) is 0.694. The van der Waals surface area contributed by atoms with E-state index in [1.807, 2.05) is 0 Å². The molecular weight excluding hydrogens is 126 g/mol. The summed E-state index contributed by atoms with van der Waals surface area (Å²) in [6, 6.07) is 0. The Labute approximate surface area is 59.7 Å². The van der Waals surface area contributed by atoms with Crippen LogP contribution in [0.1, 0.15) is 5.82 Å². The predicted molar refractivity (Wildman–Crippen MR) is 40.3 cm³/mol. The third-order valence-corrected chi connectivity index (χ3v) is 1.13. The summed E-state index contributed by atoms with van der Waals surface area (Å²) in [5, 5.41) is 3.94. The first-order valence-electron chi connectivity index (χ1n) is 2.99. The summed E-state index contributed by atoms with van der Waals surface area (Å²) in [5.74, 6) is 0.778. The molecule has 0 saturated carbocycles. The molecule has 0 aromatic carbocycles. The fourth-order valence-electron chi connectivity index (χ4n) is 0.694. The maximum atomic E-state index is 3.94. The first kappa shape index (κ1) is 6.74. The molecule has 52 valence electrons. The van der Waals surface area contributed by atoms with Crippen molar-refractivity contribution in [2.24, 2.45) is 0 Å². The molecular formula is C7H9N3. The van der Waals surface area contributed by atoms with E-state index in [4.69, 9.17) is 0 Å². The van der Waals surface area contributed by atoms with E-state index in [9.17, 15) is 0 Å². The van der Waals surface area contributed by atoms with Gasteiger partial charge in [0.1, 0.15) is 12.2 Å². The maximum Gasteiger partial charge on any atom is 0.150 e. The van der Waals surface area contributed by atoms with Crippen LogP contribution in [-0.2, 0) is 6.54 Å². The molecule has 1 aromatic heterocycles. The number of hydrogen-bond acceptors (Lipinski definition) is 2. The molecule has 0 N–H and O–H groups in total. The second-order valence-electron chi connectivity index (χ2n) is 1.79. The van der Waals surface area contributed by atoms with Gasteiger partial charge in [-0.1, -0.05) is 12.7 Å². The van der Waals surface area contributed by atoms with Gasteiger partial charge in [-0.3, -0.25) is 0 Å².